The molecule has 3 atom stereocenters. The molecule has 132 valence electrons. The largest absolute Gasteiger partial charge is 0.461 e. The van der Waals surface area contributed by atoms with Crippen LogP contribution in [0.2, 0.25) is 0 Å². The van der Waals surface area contributed by atoms with Crippen LogP contribution in [0.15, 0.2) is 42.0 Å². The van der Waals surface area contributed by atoms with E-state index < -0.39 is 23.8 Å². The van der Waals surface area contributed by atoms with Crippen molar-refractivity contribution in [2.75, 3.05) is 0 Å². The first kappa shape index (κ1) is 18.6. The summed E-state index contributed by atoms with van der Waals surface area (Å²) in [7, 11) is 0. The van der Waals surface area contributed by atoms with Crippen LogP contribution in [0.3, 0.4) is 0 Å². The Balaban J connectivity index is 2.06. The molecule has 3 N–H and O–H groups in total. The van der Waals surface area contributed by atoms with E-state index in [0.29, 0.717) is 12.0 Å². The normalized spacial score (nSPS) is 27.0. The van der Waals surface area contributed by atoms with Crippen LogP contribution in [0.1, 0.15) is 38.7 Å². The zero-order chi connectivity index (χ0) is 17.7. The summed E-state index contributed by atoms with van der Waals surface area (Å²) in [4.78, 5) is 12.1. The molecule has 0 saturated carbocycles. The summed E-state index contributed by atoms with van der Waals surface area (Å²) in [6, 6.07) is 9.93. The van der Waals surface area contributed by atoms with Gasteiger partial charge in [0.2, 0.25) is 0 Å². The second-order valence-corrected chi connectivity index (χ2v) is 6.65. The quantitative estimate of drug-likeness (QED) is 0.545. The molecule has 1 aliphatic carbocycles. The zero-order valence-corrected chi connectivity index (χ0v) is 14.2. The number of aliphatic hydroxyl groups is 3. The summed E-state index contributed by atoms with van der Waals surface area (Å²) in [5, 5.41) is 30.7. The minimum atomic E-state index is -1.88. The number of carbonyl (C=O) groups is 1. The molecule has 0 bridgehead atoms. The molecule has 1 aliphatic rings. The summed E-state index contributed by atoms with van der Waals surface area (Å²) in [5.74, 6) is -0.788. The standard InChI is InChI=1S/C19H26O5/c1-13(2)24-18(22)19(23)11-15(17(21)16(20)12-19)10-6-9-14-7-4-3-5-8-14/h3-5,7-8,11,13,16-17,20-21,23H,6,9-10,12H2,1-2H3/t16-,17-,19+/m1/s1. The van der Waals surface area contributed by atoms with Crippen LogP contribution in [0.4, 0.5) is 0 Å². The SMILES string of the molecule is CC(C)OC(=O)[C@]1(O)C=C(CCCc2ccccc2)[C@@H](O)[C@H](O)C1. The molecule has 24 heavy (non-hydrogen) atoms. The van der Waals surface area contributed by atoms with E-state index >= 15 is 0 Å². The average molecular weight is 334 g/mol. The number of hydrogen-bond acceptors (Lipinski definition) is 5. The van der Waals surface area contributed by atoms with Gasteiger partial charge in [0.25, 0.3) is 0 Å². The lowest BCUT2D eigenvalue weighted by atomic mass is 9.81. The number of aliphatic hydroxyl groups excluding tert-OH is 2. The fourth-order valence-corrected chi connectivity index (χ4v) is 2.95. The van der Waals surface area contributed by atoms with Crippen molar-refractivity contribution < 1.29 is 24.9 Å². The maximum atomic E-state index is 12.1. The number of carbonyl (C=O) groups excluding carboxylic acids is 1. The molecular weight excluding hydrogens is 308 g/mol. The minimum absolute atomic E-state index is 0.262. The highest BCUT2D eigenvalue weighted by atomic mass is 16.6. The van der Waals surface area contributed by atoms with Gasteiger partial charge in [-0.25, -0.2) is 4.79 Å². The number of ether oxygens (including phenoxy) is 1. The molecule has 0 aromatic heterocycles. The highest BCUT2D eigenvalue weighted by Gasteiger charge is 2.44. The van der Waals surface area contributed by atoms with Gasteiger partial charge >= 0.3 is 5.97 Å². The molecule has 0 radical (unpaired) electrons. The summed E-state index contributed by atoms with van der Waals surface area (Å²) in [5.41, 5.74) is -0.225. The molecule has 0 fully saturated rings. The van der Waals surface area contributed by atoms with E-state index in [4.69, 9.17) is 4.74 Å². The van der Waals surface area contributed by atoms with Crippen LogP contribution in [-0.2, 0) is 16.0 Å². The van der Waals surface area contributed by atoms with Crippen molar-refractivity contribution in [3.63, 3.8) is 0 Å². The highest BCUT2D eigenvalue weighted by molar-refractivity contribution is 5.82. The smallest absolute Gasteiger partial charge is 0.342 e. The fourth-order valence-electron chi connectivity index (χ4n) is 2.95. The summed E-state index contributed by atoms with van der Waals surface area (Å²) >= 11 is 0. The molecule has 0 heterocycles. The predicted molar refractivity (Wildman–Crippen MR) is 90.3 cm³/mol. The lowest BCUT2D eigenvalue weighted by molar-refractivity contribution is -0.169. The number of esters is 1. The number of benzene rings is 1. The number of aryl methyl sites for hydroxylation is 1. The topological polar surface area (TPSA) is 87.0 Å². The molecule has 1 aromatic carbocycles. The molecule has 0 aliphatic heterocycles. The van der Waals surface area contributed by atoms with Gasteiger partial charge in [-0.15, -0.1) is 0 Å². The third kappa shape index (κ3) is 4.66. The van der Waals surface area contributed by atoms with Crippen molar-refractivity contribution in [1.82, 2.24) is 0 Å². The van der Waals surface area contributed by atoms with Gasteiger partial charge in [-0.05, 0) is 50.3 Å². The van der Waals surface area contributed by atoms with Gasteiger partial charge in [-0.1, -0.05) is 30.3 Å². The Morgan fingerprint density at radius 1 is 1.25 bits per heavy atom. The maximum Gasteiger partial charge on any atom is 0.342 e. The van der Waals surface area contributed by atoms with Crippen LogP contribution in [0.25, 0.3) is 0 Å². The first-order chi connectivity index (χ1) is 11.3. The van der Waals surface area contributed by atoms with Crippen molar-refractivity contribution in [1.29, 1.82) is 0 Å². The van der Waals surface area contributed by atoms with Crippen molar-refractivity contribution in [3.05, 3.63) is 47.5 Å². The number of rotatable bonds is 6. The lowest BCUT2D eigenvalue weighted by Crippen LogP contribution is -2.49. The molecule has 5 nitrogen and oxygen atoms in total. The van der Waals surface area contributed by atoms with E-state index in [1.807, 2.05) is 30.3 Å². The van der Waals surface area contributed by atoms with E-state index in [9.17, 15) is 20.1 Å². The summed E-state index contributed by atoms with van der Waals surface area (Å²) in [6.45, 7) is 3.39. The Hall–Kier alpha value is -1.69. The van der Waals surface area contributed by atoms with Gasteiger partial charge < -0.3 is 20.1 Å². The summed E-state index contributed by atoms with van der Waals surface area (Å²) in [6.07, 6.45) is 0.539. The van der Waals surface area contributed by atoms with Gasteiger partial charge in [0.15, 0.2) is 5.60 Å². The maximum absolute atomic E-state index is 12.1. The van der Waals surface area contributed by atoms with Crippen molar-refractivity contribution in [2.45, 2.75) is 63.4 Å². The molecule has 0 saturated heterocycles. The van der Waals surface area contributed by atoms with Crippen LogP contribution in [-0.4, -0.2) is 45.2 Å². The van der Waals surface area contributed by atoms with Gasteiger partial charge in [0.1, 0.15) is 6.10 Å². The Kier molecular flexibility index (Phi) is 6.15. The van der Waals surface area contributed by atoms with Gasteiger partial charge in [0.05, 0.1) is 12.2 Å². The van der Waals surface area contributed by atoms with Crippen LogP contribution >= 0.6 is 0 Å². The molecule has 0 amide bonds. The van der Waals surface area contributed by atoms with E-state index in [-0.39, 0.29) is 12.5 Å². The Labute approximate surface area is 142 Å². The third-order valence-corrected chi connectivity index (χ3v) is 4.16. The third-order valence-electron chi connectivity index (χ3n) is 4.16. The molecule has 5 heteroatoms. The van der Waals surface area contributed by atoms with Crippen molar-refractivity contribution in [3.8, 4) is 0 Å². The molecule has 1 aromatic rings. The fraction of sp³-hybridized carbons (Fsp3) is 0.526. The van der Waals surface area contributed by atoms with E-state index in [1.165, 1.54) is 11.6 Å². The minimum Gasteiger partial charge on any atom is -0.461 e. The highest BCUT2D eigenvalue weighted by Crippen LogP contribution is 2.31. The van der Waals surface area contributed by atoms with Crippen molar-refractivity contribution in [2.24, 2.45) is 0 Å². The monoisotopic (exact) mass is 334 g/mol. The van der Waals surface area contributed by atoms with Gasteiger partial charge in [-0.3, -0.25) is 0 Å². The van der Waals surface area contributed by atoms with E-state index in [1.54, 1.807) is 13.8 Å². The number of hydrogen-bond donors (Lipinski definition) is 3. The van der Waals surface area contributed by atoms with Crippen LogP contribution < -0.4 is 0 Å². The first-order valence-electron chi connectivity index (χ1n) is 8.37. The molecule has 0 unspecified atom stereocenters. The predicted octanol–water partition coefficient (Wildman–Crippen LogP) is 1.74. The second kappa shape index (κ2) is 7.92. The molecular formula is C19H26O5. The zero-order valence-electron chi connectivity index (χ0n) is 14.2. The van der Waals surface area contributed by atoms with E-state index in [0.717, 1.165) is 12.8 Å². The first-order valence-corrected chi connectivity index (χ1v) is 8.37. The molecule has 2 rings (SSSR count). The average Bonchev–Trinajstić information content (AvgIpc) is 2.52. The van der Waals surface area contributed by atoms with Gasteiger partial charge in [-0.2, -0.15) is 0 Å². The Morgan fingerprint density at radius 2 is 1.92 bits per heavy atom. The van der Waals surface area contributed by atoms with Gasteiger partial charge in [0, 0.05) is 6.42 Å². The Morgan fingerprint density at radius 3 is 2.54 bits per heavy atom. The Bertz CT molecular complexity index is 581. The molecule has 0 spiro atoms. The summed E-state index contributed by atoms with van der Waals surface area (Å²) < 4.78 is 5.07. The lowest BCUT2D eigenvalue weighted by Gasteiger charge is -2.35. The van der Waals surface area contributed by atoms with Crippen LogP contribution in [0.5, 0.6) is 0 Å². The van der Waals surface area contributed by atoms with E-state index in [2.05, 4.69) is 0 Å². The second-order valence-electron chi connectivity index (χ2n) is 6.65. The van der Waals surface area contributed by atoms with Crippen LogP contribution in [0, 0.1) is 0 Å². The van der Waals surface area contributed by atoms with Crippen molar-refractivity contribution >= 4 is 5.97 Å².